The lowest BCUT2D eigenvalue weighted by atomic mass is 9.98. The highest BCUT2D eigenvalue weighted by molar-refractivity contribution is 5.83. The molecule has 1 rings (SSSR count). The number of hydrogen-bond donors (Lipinski definition) is 2. The van der Waals surface area contributed by atoms with Crippen molar-refractivity contribution in [3.8, 4) is 0 Å². The van der Waals surface area contributed by atoms with Crippen LogP contribution in [0, 0.1) is 5.92 Å². The fourth-order valence-electron chi connectivity index (χ4n) is 2.59. The van der Waals surface area contributed by atoms with Gasteiger partial charge in [-0.1, -0.05) is 27.2 Å². The minimum Gasteiger partial charge on any atom is -0.480 e. The van der Waals surface area contributed by atoms with Gasteiger partial charge < -0.3 is 15.3 Å². The van der Waals surface area contributed by atoms with Gasteiger partial charge in [0.05, 0.1) is 0 Å². The molecule has 1 heterocycles. The van der Waals surface area contributed by atoms with Crippen molar-refractivity contribution in [2.75, 3.05) is 6.54 Å². The average Bonchev–Trinajstić information content (AvgIpc) is 2.43. The molecule has 1 unspecified atom stereocenters. The average molecular weight is 270 g/mol. The molecule has 5 heteroatoms. The number of nitrogens with one attached hydrogen (secondary N) is 1. The Morgan fingerprint density at radius 2 is 2.05 bits per heavy atom. The van der Waals surface area contributed by atoms with Crippen molar-refractivity contribution in [2.24, 2.45) is 5.92 Å². The van der Waals surface area contributed by atoms with E-state index in [-0.39, 0.29) is 18.0 Å². The van der Waals surface area contributed by atoms with Gasteiger partial charge in [-0.05, 0) is 31.6 Å². The molecule has 5 nitrogen and oxygen atoms in total. The third kappa shape index (κ3) is 4.11. The molecule has 2 amide bonds. The second kappa shape index (κ2) is 7.36. The largest absolute Gasteiger partial charge is 0.480 e. The highest BCUT2D eigenvalue weighted by Crippen LogP contribution is 2.20. The first kappa shape index (κ1) is 15.8. The van der Waals surface area contributed by atoms with Crippen LogP contribution in [0.3, 0.4) is 0 Å². The number of piperidine rings is 1. The van der Waals surface area contributed by atoms with E-state index in [2.05, 4.69) is 12.2 Å². The maximum atomic E-state index is 12.3. The van der Waals surface area contributed by atoms with Gasteiger partial charge in [0.2, 0.25) is 0 Å². The number of urea groups is 1. The lowest BCUT2D eigenvalue weighted by Gasteiger charge is -2.36. The highest BCUT2D eigenvalue weighted by atomic mass is 16.4. The monoisotopic (exact) mass is 270 g/mol. The number of amides is 2. The van der Waals surface area contributed by atoms with Gasteiger partial charge >= 0.3 is 12.0 Å². The number of carboxylic acids is 1. The van der Waals surface area contributed by atoms with E-state index in [1.54, 1.807) is 0 Å². The van der Waals surface area contributed by atoms with Crippen LogP contribution in [0.15, 0.2) is 0 Å². The molecule has 0 radical (unpaired) electrons. The number of aliphatic carboxylic acids is 1. The van der Waals surface area contributed by atoms with E-state index in [4.69, 9.17) is 0 Å². The van der Waals surface area contributed by atoms with Gasteiger partial charge in [0.1, 0.15) is 6.04 Å². The van der Waals surface area contributed by atoms with Crippen LogP contribution in [-0.4, -0.2) is 40.6 Å². The molecule has 0 aromatic heterocycles. The molecule has 2 N–H and O–H groups in total. The van der Waals surface area contributed by atoms with Crippen LogP contribution >= 0.6 is 0 Å². The number of rotatable bonds is 5. The normalized spacial score (nSPS) is 22.7. The van der Waals surface area contributed by atoms with Crippen LogP contribution in [0.25, 0.3) is 0 Å². The molecule has 19 heavy (non-hydrogen) atoms. The lowest BCUT2D eigenvalue weighted by Crippen LogP contribution is -2.54. The van der Waals surface area contributed by atoms with Crippen LogP contribution < -0.4 is 5.32 Å². The zero-order valence-electron chi connectivity index (χ0n) is 12.2. The summed E-state index contributed by atoms with van der Waals surface area (Å²) in [5, 5.41) is 11.9. The van der Waals surface area contributed by atoms with E-state index >= 15 is 0 Å². The first-order chi connectivity index (χ1) is 9.01. The molecule has 1 saturated heterocycles. The van der Waals surface area contributed by atoms with Gasteiger partial charge in [0, 0.05) is 12.6 Å². The van der Waals surface area contributed by atoms with Crippen molar-refractivity contribution in [3.63, 3.8) is 0 Å². The number of nitrogens with zero attached hydrogens (tertiary/aromatic N) is 1. The third-order valence-corrected chi connectivity index (χ3v) is 4.12. The molecule has 1 aliphatic rings. The smallest absolute Gasteiger partial charge is 0.326 e. The second-order valence-corrected chi connectivity index (χ2v) is 5.40. The van der Waals surface area contributed by atoms with Gasteiger partial charge in [0.25, 0.3) is 0 Å². The van der Waals surface area contributed by atoms with E-state index in [9.17, 15) is 14.7 Å². The van der Waals surface area contributed by atoms with E-state index in [0.29, 0.717) is 0 Å². The minimum atomic E-state index is -0.951. The fourth-order valence-corrected chi connectivity index (χ4v) is 2.59. The zero-order valence-corrected chi connectivity index (χ0v) is 12.2. The molecule has 0 spiro atoms. The van der Waals surface area contributed by atoms with E-state index in [1.807, 2.05) is 18.7 Å². The van der Waals surface area contributed by atoms with E-state index in [0.717, 1.165) is 38.6 Å². The number of carbonyl (C=O) groups is 2. The van der Waals surface area contributed by atoms with Crippen LogP contribution in [0.1, 0.15) is 52.9 Å². The summed E-state index contributed by atoms with van der Waals surface area (Å²) in [5.41, 5.74) is 0. The second-order valence-electron chi connectivity index (χ2n) is 5.40. The Bertz CT molecular complexity index is 320. The van der Waals surface area contributed by atoms with Gasteiger partial charge in [-0.3, -0.25) is 0 Å². The summed E-state index contributed by atoms with van der Waals surface area (Å²) in [7, 11) is 0. The summed E-state index contributed by atoms with van der Waals surface area (Å²) >= 11 is 0. The summed E-state index contributed by atoms with van der Waals surface area (Å²) in [5.74, 6) is -1.01. The summed E-state index contributed by atoms with van der Waals surface area (Å²) in [6.45, 7) is 6.59. The predicted octanol–water partition coefficient (Wildman–Crippen LogP) is 2.46. The highest BCUT2D eigenvalue weighted by Gasteiger charge is 2.30. The van der Waals surface area contributed by atoms with Gasteiger partial charge in [-0.15, -0.1) is 0 Å². The summed E-state index contributed by atoms with van der Waals surface area (Å²) < 4.78 is 0. The summed E-state index contributed by atoms with van der Waals surface area (Å²) in [6, 6.07) is -0.767. The maximum Gasteiger partial charge on any atom is 0.326 e. The van der Waals surface area contributed by atoms with Crippen molar-refractivity contribution in [3.05, 3.63) is 0 Å². The molecule has 110 valence electrons. The van der Waals surface area contributed by atoms with Crippen LogP contribution in [0.5, 0.6) is 0 Å². The fraction of sp³-hybridized carbons (Fsp3) is 0.857. The van der Waals surface area contributed by atoms with Crippen LogP contribution in [0.2, 0.25) is 0 Å². The Morgan fingerprint density at radius 3 is 2.58 bits per heavy atom. The minimum absolute atomic E-state index is 0.0636. The number of likely N-dealkylation sites (tertiary alicyclic amines) is 1. The molecule has 0 aromatic carbocycles. The molecule has 0 bridgehead atoms. The quantitative estimate of drug-likeness (QED) is 0.806. The zero-order chi connectivity index (χ0) is 14.4. The predicted molar refractivity (Wildman–Crippen MR) is 74.0 cm³/mol. The third-order valence-electron chi connectivity index (χ3n) is 4.12. The number of hydrogen-bond acceptors (Lipinski definition) is 2. The topological polar surface area (TPSA) is 69.6 Å². The van der Waals surface area contributed by atoms with E-state index in [1.165, 1.54) is 0 Å². The molecule has 1 fully saturated rings. The summed E-state index contributed by atoms with van der Waals surface area (Å²) in [4.78, 5) is 25.3. The Hall–Kier alpha value is -1.26. The van der Waals surface area contributed by atoms with Gasteiger partial charge in [0.15, 0.2) is 0 Å². The van der Waals surface area contributed by atoms with Crippen molar-refractivity contribution < 1.29 is 14.7 Å². The Kier molecular flexibility index (Phi) is 6.12. The van der Waals surface area contributed by atoms with E-state index < -0.39 is 12.0 Å². The van der Waals surface area contributed by atoms with Gasteiger partial charge in [-0.25, -0.2) is 9.59 Å². The Morgan fingerprint density at radius 1 is 1.37 bits per heavy atom. The van der Waals surface area contributed by atoms with Crippen LogP contribution in [-0.2, 0) is 4.79 Å². The van der Waals surface area contributed by atoms with Crippen molar-refractivity contribution in [1.29, 1.82) is 0 Å². The first-order valence-electron chi connectivity index (χ1n) is 7.31. The number of carboxylic acid groups (broad SMARTS) is 1. The van der Waals surface area contributed by atoms with Crippen LogP contribution in [0.4, 0.5) is 4.79 Å². The number of carbonyl (C=O) groups excluding carboxylic acids is 1. The van der Waals surface area contributed by atoms with Gasteiger partial charge in [-0.2, -0.15) is 0 Å². The van der Waals surface area contributed by atoms with Crippen molar-refractivity contribution in [1.82, 2.24) is 10.2 Å². The standard InChI is InChI=1S/C14H26N2O3/c1-4-10(3)12(13(17)18)15-14(19)16-9-7-6-8-11(16)5-2/h10-12H,4-9H2,1-3H3,(H,15,19)(H,17,18)/t10-,11?,12-/m0/s1. The first-order valence-corrected chi connectivity index (χ1v) is 7.31. The summed E-state index contributed by atoms with van der Waals surface area (Å²) in [6.07, 6.45) is 4.83. The molecular weight excluding hydrogens is 244 g/mol. The lowest BCUT2D eigenvalue weighted by molar-refractivity contribution is -0.140. The Balaban J connectivity index is 2.67. The SMILES string of the molecule is CCC1CCCCN1C(=O)N[C@H](C(=O)O)[C@@H](C)CC. The molecule has 0 saturated carbocycles. The molecule has 1 aliphatic heterocycles. The molecule has 0 aromatic rings. The Labute approximate surface area is 115 Å². The molecule has 3 atom stereocenters. The van der Waals surface area contributed by atoms with Crippen molar-refractivity contribution in [2.45, 2.75) is 65.0 Å². The molecular formula is C14H26N2O3. The molecule has 0 aliphatic carbocycles. The van der Waals surface area contributed by atoms with Crippen molar-refractivity contribution >= 4 is 12.0 Å². The maximum absolute atomic E-state index is 12.3.